The van der Waals surface area contributed by atoms with Crippen molar-refractivity contribution in [3.05, 3.63) is 89.5 Å². The standard InChI is InChI=1S/C28H30O4/c1-5-21-16-23(10-12-26(21)22-8-6-20(4)7-9-22)24-11-13-27(31-15-14-29)25(17-24)18-32-28(30)19(2)3/h6-13,16-17,29H,2,5,14-15,18H2,1,3-4H3. The molecule has 0 atom stereocenters. The van der Waals surface area contributed by atoms with Crippen molar-refractivity contribution in [2.24, 2.45) is 0 Å². The summed E-state index contributed by atoms with van der Waals surface area (Å²) in [5, 5.41) is 9.11. The topological polar surface area (TPSA) is 55.8 Å². The second-order valence-electron chi connectivity index (χ2n) is 7.84. The van der Waals surface area contributed by atoms with Crippen molar-refractivity contribution in [1.29, 1.82) is 0 Å². The van der Waals surface area contributed by atoms with E-state index in [4.69, 9.17) is 14.6 Å². The van der Waals surface area contributed by atoms with Crippen molar-refractivity contribution < 1.29 is 19.4 Å². The quantitative estimate of drug-likeness (QED) is 0.340. The number of aryl methyl sites for hydroxylation is 2. The maximum absolute atomic E-state index is 11.9. The molecule has 0 aliphatic carbocycles. The Hall–Kier alpha value is -3.37. The molecule has 1 N–H and O–H groups in total. The number of hydrogen-bond donors (Lipinski definition) is 1. The molecule has 0 aliphatic rings. The lowest BCUT2D eigenvalue weighted by molar-refractivity contribution is -0.140. The zero-order valence-electron chi connectivity index (χ0n) is 19.0. The molecule has 0 unspecified atom stereocenters. The summed E-state index contributed by atoms with van der Waals surface area (Å²) in [6, 6.07) is 20.9. The fourth-order valence-electron chi connectivity index (χ4n) is 3.52. The SMILES string of the molecule is C=C(C)C(=O)OCc1cc(-c2ccc(-c3ccc(C)cc3)c(CC)c2)ccc1OCCO. The van der Waals surface area contributed by atoms with Crippen LogP contribution >= 0.6 is 0 Å². The molecule has 0 bridgehead atoms. The van der Waals surface area contributed by atoms with E-state index in [1.807, 2.05) is 18.2 Å². The molecule has 3 rings (SSSR count). The summed E-state index contributed by atoms with van der Waals surface area (Å²) in [5.74, 6) is 0.142. The zero-order valence-corrected chi connectivity index (χ0v) is 19.0. The molecule has 3 aromatic carbocycles. The highest BCUT2D eigenvalue weighted by Gasteiger charge is 2.12. The minimum absolute atomic E-state index is 0.0718. The van der Waals surface area contributed by atoms with E-state index < -0.39 is 5.97 Å². The average molecular weight is 431 g/mol. The van der Waals surface area contributed by atoms with Crippen molar-refractivity contribution in [2.75, 3.05) is 13.2 Å². The fourth-order valence-corrected chi connectivity index (χ4v) is 3.52. The van der Waals surface area contributed by atoms with E-state index in [-0.39, 0.29) is 19.8 Å². The molecule has 0 aromatic heterocycles. The highest BCUT2D eigenvalue weighted by atomic mass is 16.5. The highest BCUT2D eigenvalue weighted by Crippen LogP contribution is 2.32. The van der Waals surface area contributed by atoms with Crippen molar-refractivity contribution in [1.82, 2.24) is 0 Å². The van der Waals surface area contributed by atoms with Gasteiger partial charge in [0, 0.05) is 11.1 Å². The van der Waals surface area contributed by atoms with Crippen LogP contribution in [0.5, 0.6) is 5.75 Å². The lowest BCUT2D eigenvalue weighted by atomic mass is 9.93. The molecular weight excluding hydrogens is 400 g/mol. The van der Waals surface area contributed by atoms with Crippen LogP contribution in [0.15, 0.2) is 72.8 Å². The van der Waals surface area contributed by atoms with E-state index in [0.717, 1.165) is 23.1 Å². The van der Waals surface area contributed by atoms with Crippen molar-refractivity contribution in [2.45, 2.75) is 33.8 Å². The van der Waals surface area contributed by atoms with Gasteiger partial charge in [-0.1, -0.05) is 67.6 Å². The average Bonchev–Trinajstić information content (AvgIpc) is 2.81. The number of aliphatic hydroxyl groups is 1. The van der Waals surface area contributed by atoms with Crippen molar-refractivity contribution in [3.8, 4) is 28.0 Å². The normalized spacial score (nSPS) is 10.6. The molecule has 0 spiro atoms. The molecule has 0 saturated carbocycles. The van der Waals surface area contributed by atoms with Gasteiger partial charge in [-0.3, -0.25) is 0 Å². The van der Waals surface area contributed by atoms with E-state index in [1.54, 1.807) is 6.92 Å². The zero-order chi connectivity index (χ0) is 23.1. The van der Waals surface area contributed by atoms with Gasteiger partial charge in [-0.25, -0.2) is 4.79 Å². The molecule has 32 heavy (non-hydrogen) atoms. The molecule has 4 heteroatoms. The minimum Gasteiger partial charge on any atom is -0.491 e. The second-order valence-corrected chi connectivity index (χ2v) is 7.84. The Morgan fingerprint density at radius 3 is 2.19 bits per heavy atom. The van der Waals surface area contributed by atoms with Gasteiger partial charge in [-0.2, -0.15) is 0 Å². The van der Waals surface area contributed by atoms with Crippen LogP contribution in [0.2, 0.25) is 0 Å². The number of hydrogen-bond acceptors (Lipinski definition) is 4. The fraction of sp³-hybridized carbons (Fsp3) is 0.250. The van der Waals surface area contributed by atoms with Crippen LogP contribution in [0.4, 0.5) is 0 Å². The van der Waals surface area contributed by atoms with Crippen LogP contribution < -0.4 is 4.74 Å². The van der Waals surface area contributed by atoms with Gasteiger partial charge in [0.1, 0.15) is 19.0 Å². The van der Waals surface area contributed by atoms with Crippen LogP contribution in [0.25, 0.3) is 22.3 Å². The van der Waals surface area contributed by atoms with Gasteiger partial charge in [0.2, 0.25) is 0 Å². The molecule has 3 aromatic rings. The van der Waals surface area contributed by atoms with Gasteiger partial charge >= 0.3 is 5.97 Å². The van der Waals surface area contributed by atoms with E-state index in [2.05, 4.69) is 62.9 Å². The van der Waals surface area contributed by atoms with Crippen LogP contribution in [-0.2, 0) is 22.6 Å². The third kappa shape index (κ3) is 5.65. The van der Waals surface area contributed by atoms with E-state index >= 15 is 0 Å². The summed E-state index contributed by atoms with van der Waals surface area (Å²) >= 11 is 0. The van der Waals surface area contributed by atoms with Gasteiger partial charge in [-0.15, -0.1) is 0 Å². The maximum atomic E-state index is 11.9. The third-order valence-corrected chi connectivity index (χ3v) is 5.30. The van der Waals surface area contributed by atoms with Gasteiger partial charge in [0.05, 0.1) is 6.61 Å². The summed E-state index contributed by atoms with van der Waals surface area (Å²) < 4.78 is 11.0. The maximum Gasteiger partial charge on any atom is 0.333 e. The van der Waals surface area contributed by atoms with Crippen LogP contribution in [0.3, 0.4) is 0 Å². The smallest absolute Gasteiger partial charge is 0.333 e. The molecule has 4 nitrogen and oxygen atoms in total. The van der Waals surface area contributed by atoms with Crippen LogP contribution in [0, 0.1) is 6.92 Å². The molecule has 0 aliphatic heterocycles. The first-order valence-electron chi connectivity index (χ1n) is 10.8. The summed E-state index contributed by atoms with van der Waals surface area (Å²) in [4.78, 5) is 11.9. The first-order valence-corrected chi connectivity index (χ1v) is 10.8. The molecular formula is C28H30O4. The molecule has 0 fully saturated rings. The lowest BCUT2D eigenvalue weighted by Crippen LogP contribution is -2.08. The Kier molecular flexibility index (Phi) is 7.85. The molecule has 0 amide bonds. The predicted octanol–water partition coefficient (Wildman–Crippen LogP) is 5.88. The van der Waals surface area contributed by atoms with E-state index in [0.29, 0.717) is 11.3 Å². The number of aliphatic hydroxyl groups excluding tert-OH is 1. The first-order chi connectivity index (χ1) is 15.4. The Bertz CT molecular complexity index is 1100. The molecule has 0 heterocycles. The number of carbonyl (C=O) groups excluding carboxylic acids is 1. The molecule has 0 radical (unpaired) electrons. The molecule has 0 saturated heterocycles. The highest BCUT2D eigenvalue weighted by molar-refractivity contribution is 5.87. The van der Waals surface area contributed by atoms with E-state index in [1.165, 1.54) is 22.3 Å². The number of rotatable bonds is 9. The number of carbonyl (C=O) groups is 1. The van der Waals surface area contributed by atoms with Crippen molar-refractivity contribution in [3.63, 3.8) is 0 Å². The monoisotopic (exact) mass is 430 g/mol. The minimum atomic E-state index is -0.445. The predicted molar refractivity (Wildman–Crippen MR) is 129 cm³/mol. The van der Waals surface area contributed by atoms with E-state index in [9.17, 15) is 4.79 Å². The Morgan fingerprint density at radius 2 is 1.56 bits per heavy atom. The molecule has 166 valence electrons. The Balaban J connectivity index is 1.95. The number of esters is 1. The summed E-state index contributed by atoms with van der Waals surface area (Å²) in [6.07, 6.45) is 0.915. The lowest BCUT2D eigenvalue weighted by Gasteiger charge is -2.15. The van der Waals surface area contributed by atoms with Gasteiger partial charge < -0.3 is 14.6 Å². The summed E-state index contributed by atoms with van der Waals surface area (Å²) in [7, 11) is 0. The third-order valence-electron chi connectivity index (χ3n) is 5.30. The second kappa shape index (κ2) is 10.8. The largest absolute Gasteiger partial charge is 0.491 e. The Morgan fingerprint density at radius 1 is 0.938 bits per heavy atom. The first kappa shape index (κ1) is 23.3. The van der Waals surface area contributed by atoms with Gasteiger partial charge in [0.25, 0.3) is 0 Å². The summed E-state index contributed by atoms with van der Waals surface area (Å²) in [6.45, 7) is 9.64. The van der Waals surface area contributed by atoms with Crippen molar-refractivity contribution >= 4 is 5.97 Å². The van der Waals surface area contributed by atoms with Crippen LogP contribution in [-0.4, -0.2) is 24.3 Å². The number of ether oxygens (including phenoxy) is 2. The summed E-state index contributed by atoms with van der Waals surface area (Å²) in [5.41, 5.74) is 8.12. The van der Waals surface area contributed by atoms with Gasteiger partial charge in [0.15, 0.2) is 0 Å². The van der Waals surface area contributed by atoms with Gasteiger partial charge in [-0.05, 0) is 60.2 Å². The van der Waals surface area contributed by atoms with Crippen LogP contribution in [0.1, 0.15) is 30.5 Å². The number of benzene rings is 3. The Labute approximate surface area is 190 Å².